The maximum Gasteiger partial charge on any atom is 0.203 e. The number of anilines is 1. The van der Waals surface area contributed by atoms with Crippen LogP contribution >= 0.6 is 11.3 Å². The Morgan fingerprint density at radius 3 is 2.56 bits per heavy atom. The molecule has 3 nitrogen and oxygen atoms in total. The molecule has 1 rings (SSSR count). The summed E-state index contributed by atoms with van der Waals surface area (Å²) < 4.78 is 12.3. The Morgan fingerprint density at radius 2 is 2.33 bits per heavy atom. The van der Waals surface area contributed by atoms with E-state index in [9.17, 15) is 4.39 Å². The molecular weight excluding hydrogens is 141 g/mol. The normalized spacial score (nSPS) is 13.6. The molecular formula is C4H6FN3S. The van der Waals surface area contributed by atoms with Crippen molar-refractivity contribution in [2.24, 2.45) is 0 Å². The lowest BCUT2D eigenvalue weighted by Crippen LogP contribution is -1.82. The largest absolute Gasteiger partial charge is 0.374 e. The van der Waals surface area contributed by atoms with Gasteiger partial charge in [-0.25, -0.2) is 4.39 Å². The molecule has 1 aromatic heterocycles. The zero-order valence-electron chi connectivity index (χ0n) is 4.84. The van der Waals surface area contributed by atoms with Crippen LogP contribution in [0.2, 0.25) is 0 Å². The van der Waals surface area contributed by atoms with Crippen LogP contribution in [0, 0.1) is 0 Å². The summed E-state index contributed by atoms with van der Waals surface area (Å²) in [5.74, 6) is 0. The summed E-state index contributed by atoms with van der Waals surface area (Å²) in [6.45, 7) is 1.40. The summed E-state index contributed by atoms with van der Waals surface area (Å²) in [6.07, 6.45) is -1.06. The molecule has 0 amide bonds. The number of nitrogen functional groups attached to an aromatic ring is 1. The van der Waals surface area contributed by atoms with Crippen molar-refractivity contribution in [1.29, 1.82) is 0 Å². The van der Waals surface area contributed by atoms with Gasteiger partial charge in [-0.1, -0.05) is 11.3 Å². The topological polar surface area (TPSA) is 51.8 Å². The second-order valence-corrected chi connectivity index (χ2v) is 2.64. The molecule has 2 N–H and O–H groups in total. The van der Waals surface area contributed by atoms with Gasteiger partial charge in [-0.05, 0) is 6.92 Å². The highest BCUT2D eigenvalue weighted by Gasteiger charge is 2.07. The summed E-state index contributed by atoms with van der Waals surface area (Å²) in [5.41, 5.74) is 5.19. The van der Waals surface area contributed by atoms with Crippen molar-refractivity contribution in [2.45, 2.75) is 13.1 Å². The van der Waals surface area contributed by atoms with E-state index in [-0.39, 0.29) is 0 Å². The van der Waals surface area contributed by atoms with E-state index in [1.54, 1.807) is 0 Å². The van der Waals surface area contributed by atoms with Crippen LogP contribution in [-0.2, 0) is 0 Å². The second kappa shape index (κ2) is 2.26. The monoisotopic (exact) mass is 147 g/mol. The van der Waals surface area contributed by atoms with E-state index in [0.29, 0.717) is 10.1 Å². The van der Waals surface area contributed by atoms with Gasteiger partial charge in [0, 0.05) is 0 Å². The van der Waals surface area contributed by atoms with Crippen LogP contribution in [0.25, 0.3) is 0 Å². The fourth-order valence-electron chi connectivity index (χ4n) is 0.407. The molecule has 0 fully saturated rings. The van der Waals surface area contributed by atoms with E-state index in [1.807, 2.05) is 0 Å². The number of halogens is 1. The maximum atomic E-state index is 12.3. The van der Waals surface area contributed by atoms with E-state index >= 15 is 0 Å². The standard InChI is InChI=1S/C4H6FN3S/c1-2(5)3-7-8-4(6)9-3/h2H,1H3,(H2,6,8). The first-order valence-electron chi connectivity index (χ1n) is 2.43. The van der Waals surface area contributed by atoms with E-state index in [4.69, 9.17) is 5.73 Å². The van der Waals surface area contributed by atoms with E-state index in [0.717, 1.165) is 11.3 Å². The highest BCUT2D eigenvalue weighted by Crippen LogP contribution is 2.20. The van der Waals surface area contributed by atoms with Gasteiger partial charge in [0.2, 0.25) is 5.13 Å². The van der Waals surface area contributed by atoms with Crippen LogP contribution in [0.3, 0.4) is 0 Å². The zero-order valence-corrected chi connectivity index (χ0v) is 5.65. The van der Waals surface area contributed by atoms with Crippen LogP contribution < -0.4 is 5.73 Å². The third-order valence-electron chi connectivity index (χ3n) is 0.797. The molecule has 1 heterocycles. The number of hydrogen-bond acceptors (Lipinski definition) is 4. The smallest absolute Gasteiger partial charge is 0.203 e. The molecule has 1 aromatic rings. The molecule has 1 unspecified atom stereocenters. The van der Waals surface area contributed by atoms with E-state index in [2.05, 4.69) is 10.2 Å². The fourth-order valence-corrected chi connectivity index (χ4v) is 0.947. The average Bonchev–Trinajstić information content (AvgIpc) is 2.14. The molecule has 0 aromatic carbocycles. The molecule has 0 saturated heterocycles. The van der Waals surface area contributed by atoms with Gasteiger partial charge >= 0.3 is 0 Å². The highest BCUT2D eigenvalue weighted by molar-refractivity contribution is 7.15. The number of alkyl halides is 1. The minimum Gasteiger partial charge on any atom is -0.374 e. The Morgan fingerprint density at radius 1 is 1.67 bits per heavy atom. The Bertz CT molecular complexity index is 197. The average molecular weight is 147 g/mol. The van der Waals surface area contributed by atoms with Gasteiger partial charge in [-0.15, -0.1) is 10.2 Å². The molecule has 0 spiro atoms. The Kier molecular flexibility index (Phi) is 1.61. The third-order valence-corrected chi connectivity index (χ3v) is 1.70. The molecule has 5 heteroatoms. The Hall–Kier alpha value is -0.710. The van der Waals surface area contributed by atoms with Crippen LogP contribution in [0.4, 0.5) is 9.52 Å². The minimum absolute atomic E-state index is 0.314. The molecule has 1 atom stereocenters. The van der Waals surface area contributed by atoms with Gasteiger partial charge in [0.1, 0.15) is 0 Å². The lowest BCUT2D eigenvalue weighted by molar-refractivity contribution is 0.371. The van der Waals surface area contributed by atoms with Gasteiger partial charge in [0.05, 0.1) is 0 Å². The van der Waals surface area contributed by atoms with Crippen molar-refractivity contribution < 1.29 is 4.39 Å². The first-order valence-corrected chi connectivity index (χ1v) is 3.24. The molecule has 50 valence electrons. The molecule has 9 heavy (non-hydrogen) atoms. The first kappa shape index (κ1) is 6.41. The van der Waals surface area contributed by atoms with Gasteiger partial charge in [-0.2, -0.15) is 0 Å². The lowest BCUT2D eigenvalue weighted by Gasteiger charge is -1.88. The summed E-state index contributed by atoms with van der Waals surface area (Å²) in [5, 5.41) is 7.58. The lowest BCUT2D eigenvalue weighted by atomic mass is 10.5. The number of aromatic nitrogens is 2. The molecule has 0 saturated carbocycles. The minimum atomic E-state index is -1.06. The van der Waals surface area contributed by atoms with Gasteiger partial charge in [-0.3, -0.25) is 0 Å². The molecule has 0 aliphatic carbocycles. The van der Waals surface area contributed by atoms with Crippen molar-refractivity contribution in [3.05, 3.63) is 5.01 Å². The molecule has 0 bridgehead atoms. The predicted molar refractivity (Wildman–Crippen MR) is 33.8 cm³/mol. The van der Waals surface area contributed by atoms with Crippen LogP contribution in [0.5, 0.6) is 0 Å². The molecule has 0 aliphatic heterocycles. The van der Waals surface area contributed by atoms with Crippen LogP contribution in [-0.4, -0.2) is 10.2 Å². The Labute approximate surface area is 55.7 Å². The summed E-state index contributed by atoms with van der Waals surface area (Å²) >= 11 is 1.08. The fraction of sp³-hybridized carbons (Fsp3) is 0.500. The van der Waals surface area contributed by atoms with Crippen molar-refractivity contribution in [2.75, 3.05) is 5.73 Å². The van der Waals surface area contributed by atoms with E-state index in [1.165, 1.54) is 6.92 Å². The zero-order chi connectivity index (χ0) is 6.85. The van der Waals surface area contributed by atoms with Crippen molar-refractivity contribution in [3.63, 3.8) is 0 Å². The van der Waals surface area contributed by atoms with Crippen LogP contribution in [0.1, 0.15) is 18.1 Å². The third kappa shape index (κ3) is 1.35. The SMILES string of the molecule is CC(F)c1nnc(N)s1. The first-order chi connectivity index (χ1) is 4.20. The maximum absolute atomic E-state index is 12.3. The summed E-state index contributed by atoms with van der Waals surface area (Å²) in [7, 11) is 0. The van der Waals surface area contributed by atoms with Crippen molar-refractivity contribution in [1.82, 2.24) is 10.2 Å². The van der Waals surface area contributed by atoms with Crippen molar-refractivity contribution in [3.8, 4) is 0 Å². The van der Waals surface area contributed by atoms with Gasteiger partial charge in [0.25, 0.3) is 0 Å². The summed E-state index contributed by atoms with van der Waals surface area (Å²) in [4.78, 5) is 0. The van der Waals surface area contributed by atoms with Crippen LogP contribution in [0.15, 0.2) is 0 Å². The number of rotatable bonds is 1. The predicted octanol–water partition coefficient (Wildman–Crippen LogP) is 1.15. The number of nitrogens with zero attached hydrogens (tertiary/aromatic N) is 2. The highest BCUT2D eigenvalue weighted by atomic mass is 32.1. The summed E-state index contributed by atoms with van der Waals surface area (Å²) in [6, 6.07) is 0. The number of hydrogen-bond donors (Lipinski definition) is 1. The van der Waals surface area contributed by atoms with E-state index < -0.39 is 6.17 Å². The quantitative estimate of drug-likeness (QED) is 0.648. The van der Waals surface area contributed by atoms with Crippen molar-refractivity contribution >= 4 is 16.5 Å². The Balaban J connectivity index is 2.85. The molecule has 0 aliphatic rings. The second-order valence-electron chi connectivity index (χ2n) is 1.59. The molecule has 0 radical (unpaired) electrons. The number of nitrogens with two attached hydrogens (primary N) is 1. The van der Waals surface area contributed by atoms with Gasteiger partial charge in [0.15, 0.2) is 11.2 Å². The van der Waals surface area contributed by atoms with Gasteiger partial charge < -0.3 is 5.73 Å².